The predicted octanol–water partition coefficient (Wildman–Crippen LogP) is 1.93. The van der Waals surface area contributed by atoms with Crippen LogP contribution in [0.15, 0.2) is 16.6 Å². The SMILES string of the molecule is CC(=O)Nc1cc(Br)cc2c1N(C=O)CC2. The summed E-state index contributed by atoms with van der Waals surface area (Å²) in [5.41, 5.74) is 2.57. The molecule has 2 amide bonds. The van der Waals surface area contributed by atoms with E-state index in [4.69, 9.17) is 0 Å². The Balaban J connectivity index is 2.50. The van der Waals surface area contributed by atoms with Crippen LogP contribution in [0.25, 0.3) is 0 Å². The Morgan fingerprint density at radius 3 is 2.94 bits per heavy atom. The van der Waals surface area contributed by atoms with Gasteiger partial charge < -0.3 is 10.2 Å². The monoisotopic (exact) mass is 282 g/mol. The second-order valence-electron chi connectivity index (χ2n) is 3.69. The van der Waals surface area contributed by atoms with Crippen LogP contribution in [0.4, 0.5) is 11.4 Å². The molecule has 5 heteroatoms. The zero-order valence-electron chi connectivity index (χ0n) is 8.79. The highest BCUT2D eigenvalue weighted by molar-refractivity contribution is 9.10. The van der Waals surface area contributed by atoms with Gasteiger partial charge in [-0.15, -0.1) is 0 Å². The van der Waals surface area contributed by atoms with Crippen molar-refractivity contribution >= 4 is 39.6 Å². The molecule has 0 bridgehead atoms. The van der Waals surface area contributed by atoms with Crippen LogP contribution >= 0.6 is 15.9 Å². The van der Waals surface area contributed by atoms with Crippen LogP contribution < -0.4 is 10.2 Å². The third-order valence-corrected chi connectivity index (χ3v) is 2.96. The number of nitrogens with one attached hydrogen (secondary N) is 1. The van der Waals surface area contributed by atoms with E-state index in [0.717, 1.165) is 28.6 Å². The fraction of sp³-hybridized carbons (Fsp3) is 0.273. The summed E-state index contributed by atoms with van der Waals surface area (Å²) in [7, 11) is 0. The lowest BCUT2D eigenvalue weighted by atomic mass is 10.1. The number of anilines is 2. The Morgan fingerprint density at radius 1 is 1.56 bits per heavy atom. The minimum atomic E-state index is -0.141. The maximum Gasteiger partial charge on any atom is 0.221 e. The molecule has 2 rings (SSSR count). The molecular weight excluding hydrogens is 272 g/mol. The molecule has 0 aromatic heterocycles. The zero-order chi connectivity index (χ0) is 11.7. The average Bonchev–Trinajstić information content (AvgIpc) is 2.59. The van der Waals surface area contributed by atoms with Crippen LogP contribution in [0.2, 0.25) is 0 Å². The van der Waals surface area contributed by atoms with Crippen molar-refractivity contribution in [3.8, 4) is 0 Å². The molecule has 0 radical (unpaired) electrons. The summed E-state index contributed by atoms with van der Waals surface area (Å²) >= 11 is 3.39. The van der Waals surface area contributed by atoms with Crippen LogP contribution in [-0.4, -0.2) is 18.9 Å². The lowest BCUT2D eigenvalue weighted by molar-refractivity contribution is -0.114. The van der Waals surface area contributed by atoms with Crippen molar-refractivity contribution in [1.82, 2.24) is 0 Å². The molecule has 0 saturated heterocycles. The first kappa shape index (κ1) is 11.1. The van der Waals surface area contributed by atoms with Gasteiger partial charge in [0, 0.05) is 17.9 Å². The van der Waals surface area contributed by atoms with Gasteiger partial charge in [-0.3, -0.25) is 9.59 Å². The van der Waals surface area contributed by atoms with Gasteiger partial charge in [-0.05, 0) is 24.1 Å². The first-order valence-electron chi connectivity index (χ1n) is 4.94. The smallest absolute Gasteiger partial charge is 0.221 e. The number of hydrogen-bond donors (Lipinski definition) is 1. The minimum Gasteiger partial charge on any atom is -0.324 e. The molecule has 16 heavy (non-hydrogen) atoms. The summed E-state index contributed by atoms with van der Waals surface area (Å²) in [6.45, 7) is 2.12. The van der Waals surface area contributed by atoms with E-state index in [0.29, 0.717) is 12.2 Å². The van der Waals surface area contributed by atoms with Gasteiger partial charge >= 0.3 is 0 Å². The highest BCUT2D eigenvalue weighted by atomic mass is 79.9. The molecule has 0 atom stereocenters. The van der Waals surface area contributed by atoms with E-state index in [2.05, 4.69) is 21.2 Å². The van der Waals surface area contributed by atoms with Crippen LogP contribution in [-0.2, 0) is 16.0 Å². The number of amides is 2. The number of fused-ring (bicyclic) bond motifs is 1. The van der Waals surface area contributed by atoms with Crippen molar-refractivity contribution in [1.29, 1.82) is 0 Å². The van der Waals surface area contributed by atoms with Crippen LogP contribution in [0.1, 0.15) is 12.5 Å². The molecule has 1 aliphatic heterocycles. The third kappa shape index (κ3) is 1.95. The van der Waals surface area contributed by atoms with Gasteiger partial charge in [0.1, 0.15) is 0 Å². The maximum atomic E-state index is 11.1. The van der Waals surface area contributed by atoms with Gasteiger partial charge in [-0.25, -0.2) is 0 Å². The van der Waals surface area contributed by atoms with Gasteiger partial charge in [-0.2, -0.15) is 0 Å². The van der Waals surface area contributed by atoms with E-state index in [1.54, 1.807) is 4.90 Å². The molecule has 1 aromatic carbocycles. The normalized spacial score (nSPS) is 13.5. The molecular formula is C11H11BrN2O2. The number of hydrogen-bond acceptors (Lipinski definition) is 2. The van der Waals surface area contributed by atoms with E-state index >= 15 is 0 Å². The molecule has 0 aliphatic carbocycles. The van der Waals surface area contributed by atoms with Crippen molar-refractivity contribution in [2.45, 2.75) is 13.3 Å². The Labute approximate surface area is 102 Å². The lowest BCUT2D eigenvalue weighted by Gasteiger charge is -2.15. The molecule has 1 N–H and O–H groups in total. The van der Waals surface area contributed by atoms with E-state index in [9.17, 15) is 9.59 Å². The van der Waals surface area contributed by atoms with E-state index in [-0.39, 0.29) is 5.91 Å². The number of benzene rings is 1. The number of carbonyl (C=O) groups excluding carboxylic acids is 2. The molecule has 0 fully saturated rings. The van der Waals surface area contributed by atoms with Gasteiger partial charge in [0.25, 0.3) is 0 Å². The van der Waals surface area contributed by atoms with Gasteiger partial charge in [0.05, 0.1) is 11.4 Å². The average molecular weight is 283 g/mol. The number of nitrogens with zero attached hydrogens (tertiary/aromatic N) is 1. The Kier molecular flexibility index (Phi) is 2.96. The zero-order valence-corrected chi connectivity index (χ0v) is 10.4. The van der Waals surface area contributed by atoms with Crippen molar-refractivity contribution in [3.63, 3.8) is 0 Å². The maximum absolute atomic E-state index is 11.1. The molecule has 0 unspecified atom stereocenters. The lowest BCUT2D eigenvalue weighted by Crippen LogP contribution is -2.19. The Morgan fingerprint density at radius 2 is 2.31 bits per heavy atom. The van der Waals surface area contributed by atoms with Crippen molar-refractivity contribution in [3.05, 3.63) is 22.2 Å². The first-order chi connectivity index (χ1) is 7.61. The van der Waals surface area contributed by atoms with E-state index in [1.807, 2.05) is 12.1 Å². The summed E-state index contributed by atoms with van der Waals surface area (Å²) in [5.74, 6) is -0.141. The summed E-state index contributed by atoms with van der Waals surface area (Å²) in [4.78, 5) is 23.6. The summed E-state index contributed by atoms with van der Waals surface area (Å²) < 4.78 is 0.905. The highest BCUT2D eigenvalue weighted by Crippen LogP contribution is 2.37. The Hall–Kier alpha value is -1.36. The fourth-order valence-corrected chi connectivity index (χ4v) is 2.43. The second kappa shape index (κ2) is 4.25. The van der Waals surface area contributed by atoms with Crippen molar-refractivity contribution in [2.24, 2.45) is 0 Å². The van der Waals surface area contributed by atoms with Crippen molar-refractivity contribution < 1.29 is 9.59 Å². The summed E-state index contributed by atoms with van der Waals surface area (Å²) in [5, 5.41) is 2.74. The largest absolute Gasteiger partial charge is 0.324 e. The molecule has 0 saturated carbocycles. The molecule has 1 aliphatic rings. The standard InChI is InChI=1S/C11H11BrN2O2/c1-7(16)13-10-5-9(12)4-8-2-3-14(6-15)11(8)10/h4-6H,2-3H2,1H3,(H,13,16). The summed E-state index contributed by atoms with van der Waals surface area (Å²) in [6.07, 6.45) is 1.62. The quantitative estimate of drug-likeness (QED) is 0.843. The fourth-order valence-electron chi connectivity index (χ4n) is 1.93. The third-order valence-electron chi connectivity index (χ3n) is 2.50. The van der Waals surface area contributed by atoms with Crippen LogP contribution in [0.5, 0.6) is 0 Å². The topological polar surface area (TPSA) is 49.4 Å². The van der Waals surface area contributed by atoms with Crippen LogP contribution in [0, 0.1) is 0 Å². The second-order valence-corrected chi connectivity index (χ2v) is 4.61. The number of halogens is 1. The molecule has 4 nitrogen and oxygen atoms in total. The van der Waals surface area contributed by atoms with Crippen LogP contribution in [0.3, 0.4) is 0 Å². The number of carbonyl (C=O) groups is 2. The Bertz CT molecular complexity index is 460. The highest BCUT2D eigenvalue weighted by Gasteiger charge is 2.23. The van der Waals surface area contributed by atoms with E-state index in [1.165, 1.54) is 6.92 Å². The minimum absolute atomic E-state index is 0.141. The van der Waals surface area contributed by atoms with Gasteiger partial charge in [-0.1, -0.05) is 15.9 Å². The first-order valence-corrected chi connectivity index (χ1v) is 5.73. The van der Waals surface area contributed by atoms with E-state index < -0.39 is 0 Å². The number of rotatable bonds is 2. The predicted molar refractivity (Wildman–Crippen MR) is 65.6 cm³/mol. The molecule has 1 aromatic rings. The van der Waals surface area contributed by atoms with Crippen molar-refractivity contribution in [2.75, 3.05) is 16.8 Å². The summed E-state index contributed by atoms with van der Waals surface area (Å²) in [6, 6.07) is 3.78. The molecule has 84 valence electrons. The van der Waals surface area contributed by atoms with Gasteiger partial charge in [0.2, 0.25) is 12.3 Å². The molecule has 1 heterocycles. The van der Waals surface area contributed by atoms with Gasteiger partial charge in [0.15, 0.2) is 0 Å². The molecule has 0 spiro atoms.